The summed E-state index contributed by atoms with van der Waals surface area (Å²) in [6.07, 6.45) is 4.58. The highest BCUT2D eigenvalue weighted by Crippen LogP contribution is 2.23. The van der Waals surface area contributed by atoms with Gasteiger partial charge in [0.05, 0.1) is 19.3 Å². The molecule has 1 atom stereocenters. The van der Waals surface area contributed by atoms with E-state index in [4.69, 9.17) is 14.6 Å². The van der Waals surface area contributed by atoms with Crippen LogP contribution in [0.2, 0.25) is 0 Å². The summed E-state index contributed by atoms with van der Waals surface area (Å²) < 4.78 is 10.1. The van der Waals surface area contributed by atoms with E-state index in [1.165, 1.54) is 6.08 Å². The second-order valence-corrected chi connectivity index (χ2v) is 4.99. The van der Waals surface area contributed by atoms with Gasteiger partial charge in [-0.2, -0.15) is 0 Å². The van der Waals surface area contributed by atoms with Crippen molar-refractivity contribution in [2.24, 2.45) is 0 Å². The fourth-order valence-electron chi connectivity index (χ4n) is 1.92. The van der Waals surface area contributed by atoms with Crippen LogP contribution in [0.4, 0.5) is 0 Å². The third-order valence-corrected chi connectivity index (χ3v) is 3.04. The number of aliphatic hydroxyl groups excluding tert-OH is 2. The lowest BCUT2D eigenvalue weighted by molar-refractivity contribution is -0.137. The molecule has 1 aromatic carbocycles. The van der Waals surface area contributed by atoms with Gasteiger partial charge in [0.25, 0.3) is 0 Å². The van der Waals surface area contributed by atoms with E-state index in [1.807, 2.05) is 6.92 Å². The molecule has 0 aliphatic carbocycles. The van der Waals surface area contributed by atoms with Crippen LogP contribution in [-0.2, 0) is 9.53 Å². The van der Waals surface area contributed by atoms with Gasteiger partial charge < -0.3 is 19.7 Å². The molecule has 0 amide bonds. The number of hydrogen-bond acceptors (Lipinski definition) is 5. The Morgan fingerprint density at radius 1 is 1.30 bits per heavy atom. The molecule has 0 aliphatic rings. The Morgan fingerprint density at radius 3 is 2.61 bits per heavy atom. The summed E-state index contributed by atoms with van der Waals surface area (Å²) in [7, 11) is 0. The summed E-state index contributed by atoms with van der Waals surface area (Å²) in [4.78, 5) is 11.2. The van der Waals surface area contributed by atoms with Crippen LogP contribution >= 0.6 is 0 Å². The molecule has 23 heavy (non-hydrogen) atoms. The molecule has 0 aromatic heterocycles. The van der Waals surface area contributed by atoms with Crippen molar-refractivity contribution in [3.63, 3.8) is 0 Å². The number of carbonyl (C=O) groups excluding carboxylic acids is 1. The Balaban J connectivity index is 2.54. The summed E-state index contributed by atoms with van der Waals surface area (Å²) in [6, 6.07) is 7.10. The number of esters is 1. The first-order valence-corrected chi connectivity index (χ1v) is 7.59. The first kappa shape index (κ1) is 18.9. The zero-order valence-electron chi connectivity index (χ0n) is 13.6. The number of hydrogen-bond donors (Lipinski definition) is 2. The van der Waals surface area contributed by atoms with Crippen molar-refractivity contribution in [1.82, 2.24) is 0 Å². The molecule has 2 N–H and O–H groups in total. The summed E-state index contributed by atoms with van der Waals surface area (Å²) in [5.41, 5.74) is 1.72. The Labute approximate surface area is 136 Å². The third-order valence-electron chi connectivity index (χ3n) is 3.04. The summed E-state index contributed by atoms with van der Waals surface area (Å²) in [6.45, 7) is 4.20. The number of allylic oxidation sites excluding steroid dienone is 2. The Morgan fingerprint density at radius 2 is 2.00 bits per heavy atom. The number of benzene rings is 1. The van der Waals surface area contributed by atoms with E-state index in [0.29, 0.717) is 18.8 Å². The monoisotopic (exact) mass is 320 g/mol. The molecule has 126 valence electrons. The SMILES string of the molecule is CCOC(=O)/C=C/C=C(\C)C[C@H](O)c1ccc(OCCO)cc1. The number of aliphatic hydroxyl groups is 2. The fraction of sp³-hybridized carbons (Fsp3) is 0.389. The Hall–Kier alpha value is -2.11. The molecule has 0 heterocycles. The van der Waals surface area contributed by atoms with E-state index in [-0.39, 0.29) is 19.2 Å². The van der Waals surface area contributed by atoms with Crippen LogP contribution in [0.15, 0.2) is 48.1 Å². The van der Waals surface area contributed by atoms with E-state index in [1.54, 1.807) is 43.3 Å². The van der Waals surface area contributed by atoms with E-state index in [0.717, 1.165) is 11.1 Å². The molecule has 0 unspecified atom stereocenters. The highest BCUT2D eigenvalue weighted by molar-refractivity contribution is 5.82. The minimum absolute atomic E-state index is 0.0340. The average Bonchev–Trinajstić information content (AvgIpc) is 2.53. The third kappa shape index (κ3) is 7.63. The molecule has 1 aromatic rings. The van der Waals surface area contributed by atoms with Crippen LogP contribution in [0.1, 0.15) is 31.9 Å². The summed E-state index contributed by atoms with van der Waals surface area (Å²) in [5, 5.41) is 18.9. The molecule has 0 bridgehead atoms. The second-order valence-electron chi connectivity index (χ2n) is 4.99. The van der Waals surface area contributed by atoms with Gasteiger partial charge in [-0.15, -0.1) is 0 Å². The summed E-state index contributed by atoms with van der Waals surface area (Å²) >= 11 is 0. The largest absolute Gasteiger partial charge is 0.491 e. The van der Waals surface area contributed by atoms with E-state index >= 15 is 0 Å². The highest BCUT2D eigenvalue weighted by atomic mass is 16.5. The quantitative estimate of drug-likeness (QED) is 0.415. The van der Waals surface area contributed by atoms with E-state index in [9.17, 15) is 9.90 Å². The van der Waals surface area contributed by atoms with Gasteiger partial charge >= 0.3 is 5.97 Å². The molecule has 0 saturated carbocycles. The number of rotatable bonds is 9. The van der Waals surface area contributed by atoms with E-state index < -0.39 is 6.10 Å². The van der Waals surface area contributed by atoms with Crippen LogP contribution in [0.25, 0.3) is 0 Å². The van der Waals surface area contributed by atoms with Crippen molar-refractivity contribution >= 4 is 5.97 Å². The van der Waals surface area contributed by atoms with Crippen molar-refractivity contribution in [1.29, 1.82) is 0 Å². The molecule has 0 saturated heterocycles. The molecule has 5 heteroatoms. The number of ether oxygens (including phenoxy) is 2. The minimum atomic E-state index is -0.630. The lowest BCUT2D eigenvalue weighted by Crippen LogP contribution is -2.02. The first-order valence-electron chi connectivity index (χ1n) is 7.59. The van der Waals surface area contributed by atoms with Crippen LogP contribution < -0.4 is 4.74 Å². The second kappa shape index (κ2) is 10.6. The smallest absolute Gasteiger partial charge is 0.330 e. The predicted octanol–water partition coefficient (Wildman–Crippen LogP) is 2.55. The lowest BCUT2D eigenvalue weighted by Gasteiger charge is -2.12. The highest BCUT2D eigenvalue weighted by Gasteiger charge is 2.08. The van der Waals surface area contributed by atoms with Crippen molar-refractivity contribution in [3.8, 4) is 5.75 Å². The summed E-state index contributed by atoms with van der Waals surface area (Å²) in [5.74, 6) is 0.273. The van der Waals surface area contributed by atoms with Gasteiger partial charge in [-0.3, -0.25) is 0 Å². The fourth-order valence-corrected chi connectivity index (χ4v) is 1.92. The normalized spacial score (nSPS) is 13.1. The van der Waals surface area contributed by atoms with Gasteiger partial charge in [0, 0.05) is 6.08 Å². The average molecular weight is 320 g/mol. The zero-order chi connectivity index (χ0) is 17.1. The topological polar surface area (TPSA) is 76.0 Å². The van der Waals surface area contributed by atoms with Crippen LogP contribution in [0.5, 0.6) is 5.75 Å². The van der Waals surface area contributed by atoms with Gasteiger partial charge in [-0.25, -0.2) is 4.79 Å². The van der Waals surface area contributed by atoms with E-state index in [2.05, 4.69) is 0 Å². The molecule has 1 rings (SSSR count). The molecule has 0 radical (unpaired) electrons. The molecule has 5 nitrogen and oxygen atoms in total. The number of carbonyl (C=O) groups is 1. The maximum absolute atomic E-state index is 11.2. The van der Waals surface area contributed by atoms with Gasteiger partial charge in [0.2, 0.25) is 0 Å². The first-order chi connectivity index (χ1) is 11.1. The predicted molar refractivity (Wildman–Crippen MR) is 88.1 cm³/mol. The maximum Gasteiger partial charge on any atom is 0.330 e. The maximum atomic E-state index is 11.2. The van der Waals surface area contributed by atoms with Crippen LogP contribution in [0, 0.1) is 0 Å². The Kier molecular flexibility index (Phi) is 8.72. The van der Waals surface area contributed by atoms with Crippen molar-refractivity contribution in [2.45, 2.75) is 26.4 Å². The van der Waals surface area contributed by atoms with Gasteiger partial charge in [0.1, 0.15) is 12.4 Å². The standard InChI is InChI=1S/C18H24O5/c1-3-22-18(21)6-4-5-14(2)13-17(20)15-7-9-16(10-8-15)23-12-11-19/h4-10,17,19-20H,3,11-13H2,1-2H3/b6-4+,14-5+/t17-/m0/s1. The zero-order valence-corrected chi connectivity index (χ0v) is 13.6. The Bertz CT molecular complexity index is 531. The van der Waals surface area contributed by atoms with Crippen molar-refractivity contribution < 1.29 is 24.5 Å². The van der Waals surface area contributed by atoms with Crippen molar-refractivity contribution in [2.75, 3.05) is 19.8 Å². The molecular weight excluding hydrogens is 296 g/mol. The van der Waals surface area contributed by atoms with Gasteiger partial charge in [-0.05, 0) is 38.0 Å². The molecule has 0 fully saturated rings. The van der Waals surface area contributed by atoms with Crippen molar-refractivity contribution in [3.05, 3.63) is 53.6 Å². The van der Waals surface area contributed by atoms with Gasteiger partial charge in [-0.1, -0.05) is 29.9 Å². The van der Waals surface area contributed by atoms with Gasteiger partial charge in [0.15, 0.2) is 0 Å². The molecule has 0 aliphatic heterocycles. The molecule has 0 spiro atoms. The van der Waals surface area contributed by atoms with Crippen LogP contribution in [-0.4, -0.2) is 36.0 Å². The van der Waals surface area contributed by atoms with Crippen LogP contribution in [0.3, 0.4) is 0 Å². The molecular formula is C18H24O5. The minimum Gasteiger partial charge on any atom is -0.491 e. The lowest BCUT2D eigenvalue weighted by atomic mass is 10.0.